The maximum absolute atomic E-state index is 11.1. The van der Waals surface area contributed by atoms with E-state index in [1.165, 1.54) is 32.0 Å². The molecule has 0 fully saturated rings. The Kier molecular flexibility index (Phi) is 3.33. The average molecular weight is 205 g/mol. The summed E-state index contributed by atoms with van der Waals surface area (Å²) in [5.41, 5.74) is 1.27. The lowest BCUT2D eigenvalue weighted by Gasteiger charge is -2.04. The molecule has 1 aromatic carbocycles. The van der Waals surface area contributed by atoms with Gasteiger partial charge in [0, 0.05) is 16.8 Å². The number of Topliss-reactive ketones (excluding diaryl/α,β-unsaturated/α-hetero) is 2. The highest BCUT2D eigenvalue weighted by Crippen LogP contribution is 2.15. The van der Waals surface area contributed by atoms with Gasteiger partial charge in [0.25, 0.3) is 0 Å². The van der Waals surface area contributed by atoms with Crippen molar-refractivity contribution < 1.29 is 14.4 Å². The van der Waals surface area contributed by atoms with Crippen molar-refractivity contribution in [2.45, 2.75) is 13.8 Å². The van der Waals surface area contributed by atoms with Crippen LogP contribution in [-0.2, 0) is 4.79 Å². The summed E-state index contributed by atoms with van der Waals surface area (Å²) < 4.78 is 0. The first-order valence-electron chi connectivity index (χ1n) is 4.41. The van der Waals surface area contributed by atoms with E-state index in [-0.39, 0.29) is 11.6 Å². The second-order valence-electron chi connectivity index (χ2n) is 3.17. The van der Waals surface area contributed by atoms with E-state index in [4.69, 9.17) is 0 Å². The Morgan fingerprint density at radius 3 is 1.87 bits per heavy atom. The van der Waals surface area contributed by atoms with Crippen molar-refractivity contribution in [1.29, 1.82) is 0 Å². The van der Waals surface area contributed by atoms with Gasteiger partial charge in [0.1, 0.15) is 0 Å². The van der Waals surface area contributed by atoms with Gasteiger partial charge in [-0.2, -0.15) is 0 Å². The molecule has 0 bridgehead atoms. The van der Waals surface area contributed by atoms with Crippen LogP contribution in [0.1, 0.15) is 34.6 Å². The highest BCUT2D eigenvalue weighted by atomic mass is 16.1. The quantitative estimate of drug-likeness (QED) is 0.600. The van der Waals surface area contributed by atoms with Gasteiger partial charge in [-0.1, -0.05) is 0 Å². The minimum Gasteiger partial charge on any atom is -0.329 e. The van der Waals surface area contributed by atoms with Crippen LogP contribution in [-0.4, -0.2) is 18.0 Å². The first-order valence-corrected chi connectivity index (χ1v) is 4.41. The molecule has 0 aliphatic heterocycles. The molecule has 0 unspecified atom stereocenters. The van der Waals surface area contributed by atoms with Gasteiger partial charge in [-0.3, -0.25) is 14.4 Å². The Morgan fingerprint density at radius 2 is 1.53 bits per heavy atom. The number of ketones is 2. The van der Waals surface area contributed by atoms with E-state index in [9.17, 15) is 14.4 Å². The third-order valence-corrected chi connectivity index (χ3v) is 1.97. The summed E-state index contributed by atoms with van der Waals surface area (Å²) in [6, 6.07) is 4.58. The molecule has 0 spiro atoms. The monoisotopic (exact) mass is 205 g/mol. The summed E-state index contributed by atoms with van der Waals surface area (Å²) >= 11 is 0. The summed E-state index contributed by atoms with van der Waals surface area (Å²) in [6.45, 7) is 2.81. The van der Waals surface area contributed by atoms with Crippen LogP contribution in [0.2, 0.25) is 0 Å². The molecule has 0 aliphatic carbocycles. The highest BCUT2D eigenvalue weighted by molar-refractivity contribution is 6.01. The van der Waals surface area contributed by atoms with Crippen LogP contribution < -0.4 is 5.32 Å². The molecule has 4 nitrogen and oxygen atoms in total. The van der Waals surface area contributed by atoms with Gasteiger partial charge >= 0.3 is 0 Å². The van der Waals surface area contributed by atoms with Gasteiger partial charge in [-0.15, -0.1) is 0 Å². The first kappa shape index (κ1) is 11.1. The van der Waals surface area contributed by atoms with Gasteiger partial charge in [-0.25, -0.2) is 0 Å². The fourth-order valence-corrected chi connectivity index (χ4v) is 1.19. The molecule has 1 rings (SSSR count). The zero-order chi connectivity index (χ0) is 11.4. The lowest BCUT2D eigenvalue weighted by atomic mass is 10.0. The minimum atomic E-state index is -0.146. The van der Waals surface area contributed by atoms with Gasteiger partial charge in [-0.05, 0) is 32.0 Å². The first-order chi connectivity index (χ1) is 7.04. The molecule has 1 N–H and O–H groups in total. The van der Waals surface area contributed by atoms with Crippen molar-refractivity contribution in [2.24, 2.45) is 0 Å². The Morgan fingerprint density at radius 1 is 1.07 bits per heavy atom. The van der Waals surface area contributed by atoms with E-state index in [0.717, 1.165) is 0 Å². The van der Waals surface area contributed by atoms with E-state index in [0.29, 0.717) is 23.2 Å². The van der Waals surface area contributed by atoms with Crippen LogP contribution in [0.4, 0.5) is 5.69 Å². The third-order valence-electron chi connectivity index (χ3n) is 1.97. The molecule has 0 aliphatic rings. The second kappa shape index (κ2) is 4.50. The van der Waals surface area contributed by atoms with Crippen LogP contribution in [0.15, 0.2) is 18.2 Å². The lowest BCUT2D eigenvalue weighted by molar-refractivity contribution is -0.105. The van der Waals surface area contributed by atoms with E-state index in [1.807, 2.05) is 0 Å². The number of amides is 1. The maximum atomic E-state index is 11.1. The molecule has 0 atom stereocenters. The summed E-state index contributed by atoms with van der Waals surface area (Å²) in [5.74, 6) is -0.293. The zero-order valence-corrected chi connectivity index (χ0v) is 8.53. The number of carbonyl (C=O) groups excluding carboxylic acids is 3. The van der Waals surface area contributed by atoms with Crippen molar-refractivity contribution in [3.8, 4) is 0 Å². The van der Waals surface area contributed by atoms with Crippen molar-refractivity contribution in [1.82, 2.24) is 0 Å². The van der Waals surface area contributed by atoms with Crippen molar-refractivity contribution in [2.75, 3.05) is 5.32 Å². The molecule has 0 aromatic heterocycles. The van der Waals surface area contributed by atoms with Crippen molar-refractivity contribution in [3.63, 3.8) is 0 Å². The molecule has 0 saturated heterocycles. The second-order valence-corrected chi connectivity index (χ2v) is 3.17. The Bertz CT molecular complexity index is 392. The molecule has 1 amide bonds. The molecule has 78 valence electrons. The Labute approximate surface area is 87.3 Å². The van der Waals surface area contributed by atoms with Crippen LogP contribution >= 0.6 is 0 Å². The van der Waals surface area contributed by atoms with Crippen LogP contribution in [0.3, 0.4) is 0 Å². The number of anilines is 1. The largest absolute Gasteiger partial charge is 0.329 e. The fraction of sp³-hybridized carbons (Fsp3) is 0.182. The minimum absolute atomic E-state index is 0.146. The number of rotatable bonds is 4. The lowest BCUT2D eigenvalue weighted by Crippen LogP contribution is -2.02. The summed E-state index contributed by atoms with van der Waals surface area (Å²) in [5, 5.41) is 2.41. The van der Waals surface area contributed by atoms with Crippen LogP contribution in [0.5, 0.6) is 0 Å². The van der Waals surface area contributed by atoms with E-state index >= 15 is 0 Å². The summed E-state index contributed by atoms with van der Waals surface area (Å²) in [7, 11) is 0. The third kappa shape index (κ3) is 2.74. The van der Waals surface area contributed by atoms with Gasteiger partial charge in [0.05, 0.1) is 0 Å². The predicted octanol–water partition coefficient (Wildman–Crippen LogP) is 1.66. The zero-order valence-electron chi connectivity index (χ0n) is 8.53. The standard InChI is InChI=1S/C11H11NO3/c1-7(14)9-3-10(8(2)15)5-11(4-9)12-6-13/h3-6H,1-2H3,(H,12,13). The fourth-order valence-electron chi connectivity index (χ4n) is 1.19. The summed E-state index contributed by atoms with van der Waals surface area (Å²) in [4.78, 5) is 32.6. The molecule has 0 saturated carbocycles. The molecule has 4 heteroatoms. The van der Waals surface area contributed by atoms with Gasteiger partial charge in [0.2, 0.25) is 6.41 Å². The van der Waals surface area contributed by atoms with E-state index < -0.39 is 0 Å². The number of hydrogen-bond donors (Lipinski definition) is 1. The number of benzene rings is 1. The van der Waals surface area contributed by atoms with Gasteiger partial charge < -0.3 is 5.32 Å². The molecular weight excluding hydrogens is 194 g/mol. The van der Waals surface area contributed by atoms with Crippen LogP contribution in [0.25, 0.3) is 0 Å². The Balaban J connectivity index is 3.25. The van der Waals surface area contributed by atoms with E-state index in [2.05, 4.69) is 5.32 Å². The van der Waals surface area contributed by atoms with Crippen molar-refractivity contribution in [3.05, 3.63) is 29.3 Å². The van der Waals surface area contributed by atoms with Crippen LogP contribution in [0, 0.1) is 0 Å². The molecule has 1 aromatic rings. The smallest absolute Gasteiger partial charge is 0.211 e. The SMILES string of the molecule is CC(=O)c1cc(NC=O)cc(C(C)=O)c1. The number of nitrogens with one attached hydrogen (secondary N) is 1. The molecule has 0 radical (unpaired) electrons. The highest BCUT2D eigenvalue weighted by Gasteiger charge is 2.07. The average Bonchev–Trinajstić information content (AvgIpc) is 2.17. The number of carbonyl (C=O) groups is 3. The van der Waals surface area contributed by atoms with Gasteiger partial charge in [0.15, 0.2) is 11.6 Å². The summed E-state index contributed by atoms with van der Waals surface area (Å²) in [6.07, 6.45) is 0.503. The van der Waals surface area contributed by atoms with E-state index in [1.54, 1.807) is 0 Å². The van der Waals surface area contributed by atoms with Crippen molar-refractivity contribution >= 4 is 23.7 Å². The molecule has 15 heavy (non-hydrogen) atoms. The normalized spacial score (nSPS) is 9.47. The maximum Gasteiger partial charge on any atom is 0.211 e. The molecular formula is C11H11NO3. The molecule has 0 heterocycles. The number of hydrogen-bond acceptors (Lipinski definition) is 3. The predicted molar refractivity (Wildman–Crippen MR) is 56.1 cm³/mol. The Hall–Kier alpha value is -1.97. The topological polar surface area (TPSA) is 63.2 Å².